The van der Waals surface area contributed by atoms with Crippen molar-refractivity contribution in [2.75, 3.05) is 32.1 Å². The fourth-order valence-corrected chi connectivity index (χ4v) is 1.95. The van der Waals surface area contributed by atoms with Crippen molar-refractivity contribution in [3.8, 4) is 0 Å². The number of nitrogens with one attached hydrogen (secondary N) is 2. The molecule has 1 amide bonds. The van der Waals surface area contributed by atoms with Crippen molar-refractivity contribution in [3.05, 3.63) is 28.2 Å². The first kappa shape index (κ1) is 15.9. The Morgan fingerprint density at radius 1 is 1.53 bits per heavy atom. The SMILES string of the molecule is COCCNC(=O)CNc1cc(Br)ccc1C(N)=S. The minimum Gasteiger partial charge on any atom is -0.389 e. The summed E-state index contributed by atoms with van der Waals surface area (Å²) in [5.41, 5.74) is 7.07. The molecule has 0 aliphatic heterocycles. The number of rotatable bonds is 7. The summed E-state index contributed by atoms with van der Waals surface area (Å²) in [5.74, 6) is -0.120. The van der Waals surface area contributed by atoms with Crippen LogP contribution in [0.1, 0.15) is 5.56 Å². The Bertz CT molecular complexity index is 468. The van der Waals surface area contributed by atoms with Crippen molar-refractivity contribution in [2.45, 2.75) is 0 Å². The van der Waals surface area contributed by atoms with Gasteiger partial charge in [0.25, 0.3) is 0 Å². The summed E-state index contributed by atoms with van der Waals surface area (Å²) in [7, 11) is 1.58. The Hall–Kier alpha value is -1.18. The standard InChI is InChI=1S/C12H16BrN3O2S/c1-18-5-4-15-11(17)7-16-10-6-8(13)2-3-9(10)12(14)19/h2-3,6,16H,4-5,7H2,1H3,(H2,14,19)(H,15,17). The molecule has 0 aromatic heterocycles. The Kier molecular flexibility index (Phi) is 6.75. The third-order valence-electron chi connectivity index (χ3n) is 2.31. The van der Waals surface area contributed by atoms with Gasteiger partial charge in [-0.15, -0.1) is 0 Å². The first-order chi connectivity index (χ1) is 9.04. The summed E-state index contributed by atoms with van der Waals surface area (Å²) >= 11 is 8.33. The van der Waals surface area contributed by atoms with Crippen molar-refractivity contribution in [2.24, 2.45) is 5.73 Å². The fraction of sp³-hybridized carbons (Fsp3) is 0.333. The zero-order chi connectivity index (χ0) is 14.3. The van der Waals surface area contributed by atoms with Crippen LogP contribution in [0.3, 0.4) is 0 Å². The van der Waals surface area contributed by atoms with E-state index in [9.17, 15) is 4.79 Å². The molecular formula is C12H16BrN3O2S. The predicted octanol–water partition coefficient (Wildman–Crippen LogP) is 1.26. The minimum absolute atomic E-state index is 0.120. The van der Waals surface area contributed by atoms with Crippen LogP contribution < -0.4 is 16.4 Å². The van der Waals surface area contributed by atoms with Crippen LogP contribution in [-0.2, 0) is 9.53 Å². The van der Waals surface area contributed by atoms with Crippen LogP contribution in [0.25, 0.3) is 0 Å². The summed E-state index contributed by atoms with van der Waals surface area (Å²) in [4.78, 5) is 11.8. The van der Waals surface area contributed by atoms with Crippen molar-refractivity contribution >= 4 is 44.7 Å². The lowest BCUT2D eigenvalue weighted by Gasteiger charge is -2.12. The smallest absolute Gasteiger partial charge is 0.239 e. The molecular weight excluding hydrogens is 330 g/mol. The average molecular weight is 346 g/mol. The van der Waals surface area contributed by atoms with Gasteiger partial charge in [0.05, 0.1) is 13.2 Å². The van der Waals surface area contributed by atoms with E-state index < -0.39 is 0 Å². The van der Waals surface area contributed by atoms with E-state index in [2.05, 4.69) is 26.6 Å². The lowest BCUT2D eigenvalue weighted by Crippen LogP contribution is -2.32. The maximum Gasteiger partial charge on any atom is 0.239 e. The normalized spacial score (nSPS) is 10.0. The van der Waals surface area contributed by atoms with Crippen LogP contribution in [0.5, 0.6) is 0 Å². The molecule has 104 valence electrons. The highest BCUT2D eigenvalue weighted by Crippen LogP contribution is 2.21. The van der Waals surface area contributed by atoms with Gasteiger partial charge < -0.3 is 21.1 Å². The molecule has 0 aliphatic rings. The molecule has 0 aliphatic carbocycles. The summed E-state index contributed by atoms with van der Waals surface area (Å²) in [6, 6.07) is 5.48. The van der Waals surface area contributed by atoms with Gasteiger partial charge in [0.1, 0.15) is 4.99 Å². The third kappa shape index (κ3) is 5.54. The minimum atomic E-state index is -0.120. The summed E-state index contributed by atoms with van der Waals surface area (Å²) in [6.45, 7) is 1.12. The zero-order valence-electron chi connectivity index (χ0n) is 10.5. The van der Waals surface area contributed by atoms with Gasteiger partial charge in [-0.05, 0) is 18.2 Å². The molecule has 0 unspecified atom stereocenters. The molecule has 7 heteroatoms. The average Bonchev–Trinajstić information content (AvgIpc) is 2.36. The second-order valence-electron chi connectivity index (χ2n) is 3.75. The van der Waals surface area contributed by atoms with E-state index in [0.29, 0.717) is 18.7 Å². The summed E-state index contributed by atoms with van der Waals surface area (Å²) < 4.78 is 5.73. The number of carbonyl (C=O) groups excluding carboxylic acids is 1. The van der Waals surface area contributed by atoms with Crippen LogP contribution in [0.2, 0.25) is 0 Å². The van der Waals surface area contributed by atoms with Gasteiger partial charge in [0, 0.05) is 29.4 Å². The Morgan fingerprint density at radius 2 is 2.26 bits per heavy atom. The van der Waals surface area contributed by atoms with Crippen LogP contribution in [0, 0.1) is 0 Å². The van der Waals surface area contributed by atoms with Crippen LogP contribution in [0.4, 0.5) is 5.69 Å². The number of hydrogen-bond acceptors (Lipinski definition) is 4. The van der Waals surface area contributed by atoms with E-state index in [0.717, 1.165) is 10.2 Å². The van der Waals surface area contributed by atoms with Gasteiger partial charge in [-0.3, -0.25) is 4.79 Å². The van der Waals surface area contributed by atoms with Crippen molar-refractivity contribution in [1.82, 2.24) is 5.32 Å². The number of thiocarbonyl (C=S) groups is 1. The van der Waals surface area contributed by atoms with Gasteiger partial charge in [-0.2, -0.15) is 0 Å². The third-order valence-corrected chi connectivity index (χ3v) is 3.03. The first-order valence-corrected chi connectivity index (χ1v) is 6.83. The second kappa shape index (κ2) is 8.08. The lowest BCUT2D eigenvalue weighted by atomic mass is 10.2. The van der Waals surface area contributed by atoms with E-state index in [1.807, 2.05) is 12.1 Å². The molecule has 5 nitrogen and oxygen atoms in total. The number of nitrogens with two attached hydrogens (primary N) is 1. The monoisotopic (exact) mass is 345 g/mol. The largest absolute Gasteiger partial charge is 0.389 e. The molecule has 0 saturated heterocycles. The van der Waals surface area contributed by atoms with Gasteiger partial charge >= 0.3 is 0 Å². The van der Waals surface area contributed by atoms with Crippen LogP contribution in [0.15, 0.2) is 22.7 Å². The number of halogens is 1. The number of carbonyl (C=O) groups is 1. The molecule has 0 spiro atoms. The highest BCUT2D eigenvalue weighted by atomic mass is 79.9. The predicted molar refractivity (Wildman–Crippen MR) is 83.4 cm³/mol. The molecule has 0 saturated carbocycles. The topological polar surface area (TPSA) is 76.4 Å². The number of benzene rings is 1. The maximum absolute atomic E-state index is 11.6. The van der Waals surface area contributed by atoms with Crippen LogP contribution >= 0.6 is 28.1 Å². The molecule has 1 aromatic carbocycles. The molecule has 4 N–H and O–H groups in total. The lowest BCUT2D eigenvalue weighted by molar-refractivity contribution is -0.119. The number of hydrogen-bond donors (Lipinski definition) is 3. The summed E-state index contributed by atoms with van der Waals surface area (Å²) in [6.07, 6.45) is 0. The number of anilines is 1. The maximum atomic E-state index is 11.6. The van der Waals surface area contributed by atoms with E-state index in [-0.39, 0.29) is 17.4 Å². The van der Waals surface area contributed by atoms with Crippen molar-refractivity contribution < 1.29 is 9.53 Å². The molecule has 0 heterocycles. The van der Waals surface area contributed by atoms with E-state index in [4.69, 9.17) is 22.7 Å². The molecule has 0 bridgehead atoms. The van der Waals surface area contributed by atoms with E-state index in [1.165, 1.54) is 0 Å². The molecule has 1 aromatic rings. The number of methoxy groups -OCH3 is 1. The Morgan fingerprint density at radius 3 is 2.89 bits per heavy atom. The highest BCUT2D eigenvalue weighted by Gasteiger charge is 2.07. The molecule has 0 atom stereocenters. The molecule has 19 heavy (non-hydrogen) atoms. The van der Waals surface area contributed by atoms with Crippen molar-refractivity contribution in [1.29, 1.82) is 0 Å². The zero-order valence-corrected chi connectivity index (χ0v) is 12.9. The molecule has 1 rings (SSSR count). The van der Waals surface area contributed by atoms with Gasteiger partial charge in [0.15, 0.2) is 0 Å². The first-order valence-electron chi connectivity index (χ1n) is 5.63. The highest BCUT2D eigenvalue weighted by molar-refractivity contribution is 9.10. The van der Waals surface area contributed by atoms with E-state index in [1.54, 1.807) is 13.2 Å². The molecule has 0 radical (unpaired) electrons. The number of amides is 1. The quantitative estimate of drug-likeness (QED) is 0.512. The van der Waals surface area contributed by atoms with Gasteiger partial charge in [-0.1, -0.05) is 28.1 Å². The fourth-order valence-electron chi connectivity index (χ4n) is 1.41. The Labute approximate surface area is 126 Å². The molecule has 0 fully saturated rings. The van der Waals surface area contributed by atoms with Gasteiger partial charge in [0.2, 0.25) is 5.91 Å². The van der Waals surface area contributed by atoms with E-state index >= 15 is 0 Å². The van der Waals surface area contributed by atoms with Crippen molar-refractivity contribution in [3.63, 3.8) is 0 Å². The second-order valence-corrected chi connectivity index (χ2v) is 5.11. The number of ether oxygens (including phenoxy) is 1. The summed E-state index contributed by atoms with van der Waals surface area (Å²) in [5, 5.41) is 5.73. The Balaban J connectivity index is 2.59. The van der Waals surface area contributed by atoms with Gasteiger partial charge in [-0.25, -0.2) is 0 Å². The van der Waals surface area contributed by atoms with Crippen LogP contribution in [-0.4, -0.2) is 37.7 Å².